The first kappa shape index (κ1) is 17.8. The summed E-state index contributed by atoms with van der Waals surface area (Å²) in [6.07, 6.45) is 5.27. The van der Waals surface area contributed by atoms with Gasteiger partial charge in [0.2, 0.25) is 5.91 Å². The lowest BCUT2D eigenvalue weighted by atomic mass is 10.0. The van der Waals surface area contributed by atoms with Crippen LogP contribution in [0.3, 0.4) is 0 Å². The van der Waals surface area contributed by atoms with Crippen molar-refractivity contribution in [3.05, 3.63) is 54.4 Å². The van der Waals surface area contributed by atoms with Gasteiger partial charge in [-0.2, -0.15) is 5.10 Å². The lowest BCUT2D eigenvalue weighted by Gasteiger charge is -2.32. The van der Waals surface area contributed by atoms with Gasteiger partial charge >= 0.3 is 0 Å². The first-order valence-corrected chi connectivity index (χ1v) is 10.2. The summed E-state index contributed by atoms with van der Waals surface area (Å²) >= 11 is 0. The van der Waals surface area contributed by atoms with Crippen molar-refractivity contribution >= 4 is 28.5 Å². The summed E-state index contributed by atoms with van der Waals surface area (Å²) in [5.41, 5.74) is 1.32. The molecule has 1 aromatic carbocycles. The summed E-state index contributed by atoms with van der Waals surface area (Å²) < 4.78 is 1.90. The zero-order valence-corrected chi connectivity index (χ0v) is 16.1. The number of nitrogens with zero attached hydrogens (tertiary/aromatic N) is 4. The molecule has 2 amide bonds. The molecule has 148 valence electrons. The zero-order chi connectivity index (χ0) is 19.8. The number of carbonyl (C=O) groups is 2. The maximum atomic E-state index is 12.9. The Bertz CT molecular complexity index is 1060. The second-order valence-electron chi connectivity index (χ2n) is 7.84. The third-order valence-corrected chi connectivity index (χ3v) is 5.78. The number of para-hydroxylation sites is 1. The largest absolute Gasteiger partial charge is 0.337 e. The van der Waals surface area contributed by atoms with Crippen LogP contribution in [0.25, 0.3) is 10.9 Å². The Morgan fingerprint density at radius 1 is 0.966 bits per heavy atom. The molecule has 1 aliphatic carbocycles. The highest BCUT2D eigenvalue weighted by Gasteiger charge is 2.31. The summed E-state index contributed by atoms with van der Waals surface area (Å²) in [5.74, 6) is 0.966. The predicted octanol–water partition coefficient (Wildman–Crippen LogP) is 3.26. The monoisotopic (exact) mass is 389 g/mol. The van der Waals surface area contributed by atoms with Crippen LogP contribution in [0.2, 0.25) is 0 Å². The number of anilines is 1. The van der Waals surface area contributed by atoms with Crippen LogP contribution in [-0.4, -0.2) is 44.6 Å². The normalized spacial score (nSPS) is 17.4. The fourth-order valence-corrected chi connectivity index (χ4v) is 3.94. The van der Waals surface area contributed by atoms with Crippen LogP contribution in [0.4, 0.5) is 5.82 Å². The Kier molecular flexibility index (Phi) is 4.50. The Balaban J connectivity index is 1.25. The van der Waals surface area contributed by atoms with E-state index < -0.39 is 0 Å². The molecule has 0 atom stereocenters. The van der Waals surface area contributed by atoms with Crippen LogP contribution in [-0.2, 0) is 4.79 Å². The van der Waals surface area contributed by atoms with E-state index in [2.05, 4.69) is 15.4 Å². The minimum Gasteiger partial charge on any atom is -0.337 e. The van der Waals surface area contributed by atoms with Crippen LogP contribution in [0, 0.1) is 5.92 Å². The molecule has 0 radical (unpaired) electrons. The molecule has 1 saturated heterocycles. The van der Waals surface area contributed by atoms with Crippen LogP contribution in [0.5, 0.6) is 0 Å². The summed E-state index contributed by atoms with van der Waals surface area (Å²) in [5, 5.41) is 8.45. The lowest BCUT2D eigenvalue weighted by Crippen LogP contribution is -2.39. The zero-order valence-electron chi connectivity index (χ0n) is 16.1. The molecule has 29 heavy (non-hydrogen) atoms. The van der Waals surface area contributed by atoms with E-state index in [-0.39, 0.29) is 23.8 Å². The molecule has 2 aromatic heterocycles. The smallest absolute Gasteiger partial charge is 0.272 e. The van der Waals surface area contributed by atoms with Gasteiger partial charge < -0.3 is 10.2 Å². The van der Waals surface area contributed by atoms with Crippen molar-refractivity contribution in [2.24, 2.45) is 5.92 Å². The van der Waals surface area contributed by atoms with Gasteiger partial charge in [0, 0.05) is 30.5 Å². The first-order valence-electron chi connectivity index (χ1n) is 10.2. The predicted molar refractivity (Wildman–Crippen MR) is 109 cm³/mol. The van der Waals surface area contributed by atoms with Crippen molar-refractivity contribution in [3.8, 4) is 0 Å². The number of carbonyl (C=O) groups excluding carboxylic acids is 2. The molecule has 5 rings (SSSR count). The lowest BCUT2D eigenvalue weighted by molar-refractivity contribution is -0.117. The maximum Gasteiger partial charge on any atom is 0.272 e. The topological polar surface area (TPSA) is 80.1 Å². The molecule has 7 heteroatoms. The summed E-state index contributed by atoms with van der Waals surface area (Å²) in [6.45, 7) is 1.29. The van der Waals surface area contributed by atoms with E-state index in [4.69, 9.17) is 0 Å². The van der Waals surface area contributed by atoms with Crippen LogP contribution in [0.1, 0.15) is 42.2 Å². The molecule has 7 nitrogen and oxygen atoms in total. The van der Waals surface area contributed by atoms with E-state index in [0.717, 1.165) is 42.4 Å². The number of hydrogen-bond acceptors (Lipinski definition) is 4. The Hall–Kier alpha value is -3.22. The summed E-state index contributed by atoms with van der Waals surface area (Å²) in [7, 11) is 0. The van der Waals surface area contributed by atoms with Gasteiger partial charge in [0.1, 0.15) is 11.5 Å². The van der Waals surface area contributed by atoms with E-state index in [1.165, 1.54) is 0 Å². The molecule has 0 spiro atoms. The third kappa shape index (κ3) is 3.60. The van der Waals surface area contributed by atoms with Gasteiger partial charge in [0.15, 0.2) is 0 Å². The van der Waals surface area contributed by atoms with E-state index in [9.17, 15) is 9.59 Å². The molecular weight excluding hydrogens is 366 g/mol. The van der Waals surface area contributed by atoms with Crippen molar-refractivity contribution in [1.82, 2.24) is 19.7 Å². The van der Waals surface area contributed by atoms with Gasteiger partial charge in [-0.05, 0) is 37.8 Å². The minimum absolute atomic E-state index is 0.0306. The molecule has 3 aromatic rings. The molecule has 2 aliphatic rings. The van der Waals surface area contributed by atoms with Crippen LogP contribution < -0.4 is 5.32 Å². The number of pyridine rings is 1. The van der Waals surface area contributed by atoms with Crippen molar-refractivity contribution in [3.63, 3.8) is 0 Å². The Morgan fingerprint density at radius 3 is 2.55 bits per heavy atom. The first-order chi connectivity index (χ1) is 14.2. The quantitative estimate of drug-likeness (QED) is 0.743. The van der Waals surface area contributed by atoms with E-state index in [1.54, 1.807) is 12.3 Å². The minimum atomic E-state index is -0.0306. The van der Waals surface area contributed by atoms with Gasteiger partial charge in [-0.25, -0.2) is 9.67 Å². The van der Waals surface area contributed by atoms with Gasteiger partial charge in [0.05, 0.1) is 17.8 Å². The maximum absolute atomic E-state index is 12.9. The fraction of sp³-hybridized carbons (Fsp3) is 0.364. The molecule has 1 N–H and O–H groups in total. The van der Waals surface area contributed by atoms with Crippen LogP contribution >= 0.6 is 0 Å². The number of aromatic nitrogens is 3. The second-order valence-corrected chi connectivity index (χ2v) is 7.84. The number of likely N-dealkylation sites (tertiary alicyclic amines) is 1. The molecule has 1 aliphatic heterocycles. The number of piperidine rings is 1. The molecule has 0 bridgehead atoms. The molecule has 3 heterocycles. The number of benzene rings is 1. The van der Waals surface area contributed by atoms with Crippen molar-refractivity contribution in [1.29, 1.82) is 0 Å². The average molecular weight is 389 g/mol. The molecular formula is C22H23N5O2. The number of nitrogens with one attached hydrogen (secondary N) is 1. The number of hydrogen-bond donors (Lipinski definition) is 1. The summed E-state index contributed by atoms with van der Waals surface area (Å²) in [6, 6.07) is 13.6. The average Bonchev–Trinajstić information content (AvgIpc) is 3.53. The second kappa shape index (κ2) is 7.31. The standard InChI is InChI=1S/C22H23N5O2/c28-21(16-5-6-16)25-20-9-12-23-27(20)17-10-13-26(14-11-17)22(29)19-8-7-15-3-1-2-4-18(15)24-19/h1-4,7-9,12,16-17H,5-6,10-11,13-14H2,(H,25,28). The van der Waals surface area contributed by atoms with E-state index in [1.807, 2.05) is 46.0 Å². The van der Waals surface area contributed by atoms with Gasteiger partial charge in [-0.1, -0.05) is 24.3 Å². The van der Waals surface area contributed by atoms with E-state index >= 15 is 0 Å². The highest BCUT2D eigenvalue weighted by atomic mass is 16.2. The van der Waals surface area contributed by atoms with Crippen molar-refractivity contribution in [2.45, 2.75) is 31.7 Å². The SMILES string of the molecule is O=C(Nc1ccnn1C1CCN(C(=O)c2ccc3ccccc3n2)CC1)C1CC1. The number of fused-ring (bicyclic) bond motifs is 1. The van der Waals surface area contributed by atoms with Gasteiger partial charge in [-0.15, -0.1) is 0 Å². The number of amides is 2. The summed E-state index contributed by atoms with van der Waals surface area (Å²) in [4.78, 5) is 31.4. The highest BCUT2D eigenvalue weighted by Crippen LogP contribution is 2.31. The molecule has 0 unspecified atom stereocenters. The molecule has 1 saturated carbocycles. The third-order valence-electron chi connectivity index (χ3n) is 5.78. The van der Waals surface area contributed by atoms with Crippen LogP contribution in [0.15, 0.2) is 48.7 Å². The fourth-order valence-electron chi connectivity index (χ4n) is 3.94. The van der Waals surface area contributed by atoms with E-state index in [0.29, 0.717) is 18.8 Å². The van der Waals surface area contributed by atoms with Crippen molar-refractivity contribution in [2.75, 3.05) is 18.4 Å². The highest BCUT2D eigenvalue weighted by molar-refractivity contribution is 5.95. The van der Waals surface area contributed by atoms with Crippen molar-refractivity contribution < 1.29 is 9.59 Å². The van der Waals surface area contributed by atoms with Gasteiger partial charge in [-0.3, -0.25) is 9.59 Å². The molecule has 2 fully saturated rings. The Labute approximate surface area is 168 Å². The van der Waals surface area contributed by atoms with Gasteiger partial charge in [0.25, 0.3) is 5.91 Å². The Morgan fingerprint density at radius 2 is 1.76 bits per heavy atom. The number of rotatable bonds is 4.